The number of nitrogens with zero attached hydrogens (tertiary/aromatic N) is 5. The number of rotatable bonds is 12. The van der Waals surface area contributed by atoms with E-state index >= 15 is 0 Å². The SMILES string of the molecule is CO[C@@H](C)c1c(NC(=O)Nc2cc(Cl)cnc2OCCNCC2CCN(c3cccc(C4CCC(=O)NC4=O)c3)CC2)cnc2cc(Cl)nn12. The van der Waals surface area contributed by atoms with E-state index in [4.69, 9.17) is 32.7 Å². The second kappa shape index (κ2) is 16.0. The summed E-state index contributed by atoms with van der Waals surface area (Å²) in [5, 5.41) is 16.4. The highest BCUT2D eigenvalue weighted by Crippen LogP contribution is 2.31. The quantitative estimate of drug-likeness (QED) is 0.113. The largest absolute Gasteiger partial charge is 0.475 e. The summed E-state index contributed by atoms with van der Waals surface area (Å²) in [4.78, 5) is 48.0. The molecule has 2 saturated heterocycles. The number of halogens is 2. The van der Waals surface area contributed by atoms with Gasteiger partial charge in [-0.15, -0.1) is 0 Å². The normalized spacial score (nSPS) is 17.4. The number of carbonyl (C=O) groups is 3. The number of amides is 4. The summed E-state index contributed by atoms with van der Waals surface area (Å²) in [6.45, 7) is 5.41. The van der Waals surface area contributed by atoms with Crippen LogP contribution in [-0.4, -0.2) is 77.3 Å². The Morgan fingerprint density at radius 3 is 2.64 bits per heavy atom. The number of ether oxygens (including phenoxy) is 2. The molecule has 0 radical (unpaired) electrons. The molecular formula is C34H39Cl2N9O5. The second-order valence-electron chi connectivity index (χ2n) is 12.3. The minimum Gasteiger partial charge on any atom is -0.475 e. The monoisotopic (exact) mass is 723 g/mol. The van der Waals surface area contributed by atoms with Crippen molar-refractivity contribution in [3.63, 3.8) is 0 Å². The zero-order valence-corrected chi connectivity index (χ0v) is 29.3. The fraction of sp³-hybridized carbons (Fsp3) is 0.412. The zero-order chi connectivity index (χ0) is 35.2. The standard InChI is InChI=1S/C34H39Cl2N9O5/c1-20(49-2)31-27(19-38-29-16-28(36)43-45(29)31)41-34(48)40-26-15-23(35)18-39-33(26)50-13-10-37-17-21-8-11-44(12-9-21)24-5-3-4-22(14-24)25-6-7-30(46)42-32(25)47/h3-5,14-16,18-21,25,37H,6-13,17H2,1-2H3,(H2,40,41,48)(H,42,46,47)/t20-,25?/m0/s1. The van der Waals surface area contributed by atoms with Crippen LogP contribution < -0.4 is 30.9 Å². The molecule has 0 bridgehead atoms. The number of pyridine rings is 1. The van der Waals surface area contributed by atoms with Crippen LogP contribution in [0.2, 0.25) is 10.2 Å². The van der Waals surface area contributed by atoms with Gasteiger partial charge in [-0.05, 0) is 62.4 Å². The predicted octanol–water partition coefficient (Wildman–Crippen LogP) is 5.19. The Bertz CT molecular complexity index is 1860. The highest BCUT2D eigenvalue weighted by molar-refractivity contribution is 6.31. The van der Waals surface area contributed by atoms with E-state index in [-0.39, 0.29) is 28.8 Å². The first-order valence-corrected chi connectivity index (χ1v) is 17.3. The maximum absolute atomic E-state index is 13.1. The number of carbonyl (C=O) groups excluding carboxylic acids is 3. The molecule has 2 aliphatic rings. The van der Waals surface area contributed by atoms with Crippen molar-refractivity contribution in [1.82, 2.24) is 30.2 Å². The molecule has 264 valence electrons. The van der Waals surface area contributed by atoms with Gasteiger partial charge in [0.15, 0.2) is 10.8 Å². The number of nitrogens with one attached hydrogen (secondary N) is 4. The van der Waals surface area contributed by atoms with Gasteiger partial charge < -0.3 is 30.3 Å². The molecule has 4 aromatic rings. The number of hydrogen-bond donors (Lipinski definition) is 4. The molecule has 0 aliphatic carbocycles. The van der Waals surface area contributed by atoms with E-state index in [9.17, 15) is 14.4 Å². The molecule has 1 unspecified atom stereocenters. The molecule has 0 saturated carbocycles. The Morgan fingerprint density at radius 1 is 1.06 bits per heavy atom. The number of urea groups is 1. The van der Waals surface area contributed by atoms with Crippen molar-refractivity contribution in [2.75, 3.05) is 55.4 Å². The lowest BCUT2D eigenvalue weighted by Crippen LogP contribution is -2.40. The number of anilines is 3. The van der Waals surface area contributed by atoms with Crippen LogP contribution in [-0.2, 0) is 14.3 Å². The highest BCUT2D eigenvalue weighted by atomic mass is 35.5. The summed E-state index contributed by atoms with van der Waals surface area (Å²) < 4.78 is 13.0. The Kier molecular flexibility index (Phi) is 11.3. The lowest BCUT2D eigenvalue weighted by atomic mass is 9.90. The number of fused-ring (bicyclic) bond motifs is 1. The van der Waals surface area contributed by atoms with Crippen LogP contribution in [0.4, 0.5) is 21.9 Å². The average molecular weight is 725 g/mol. The van der Waals surface area contributed by atoms with Gasteiger partial charge in [-0.25, -0.2) is 19.3 Å². The van der Waals surface area contributed by atoms with Gasteiger partial charge in [-0.3, -0.25) is 14.9 Å². The summed E-state index contributed by atoms with van der Waals surface area (Å²) in [7, 11) is 1.56. The van der Waals surface area contributed by atoms with Crippen LogP contribution in [0, 0.1) is 5.92 Å². The number of hydrogen-bond acceptors (Lipinski definition) is 10. The van der Waals surface area contributed by atoms with E-state index in [0.717, 1.165) is 43.7 Å². The molecule has 2 aliphatic heterocycles. The topological polar surface area (TPSA) is 164 Å². The van der Waals surface area contributed by atoms with Crippen molar-refractivity contribution < 1.29 is 23.9 Å². The van der Waals surface area contributed by atoms with Crippen molar-refractivity contribution in [2.24, 2.45) is 5.92 Å². The molecule has 4 N–H and O–H groups in total. The van der Waals surface area contributed by atoms with Gasteiger partial charge in [-0.1, -0.05) is 35.3 Å². The van der Waals surface area contributed by atoms with Gasteiger partial charge in [0.05, 0.1) is 34.6 Å². The van der Waals surface area contributed by atoms with E-state index < -0.39 is 12.1 Å². The van der Waals surface area contributed by atoms with E-state index in [2.05, 4.69) is 53.4 Å². The minimum atomic E-state index is -0.560. The predicted molar refractivity (Wildman–Crippen MR) is 190 cm³/mol. The third-order valence-corrected chi connectivity index (χ3v) is 9.38. The maximum atomic E-state index is 13.1. The lowest BCUT2D eigenvalue weighted by molar-refractivity contribution is -0.134. The smallest absolute Gasteiger partial charge is 0.323 e. The number of benzene rings is 1. The maximum Gasteiger partial charge on any atom is 0.323 e. The molecule has 2 atom stereocenters. The Labute approximate surface area is 299 Å². The fourth-order valence-corrected chi connectivity index (χ4v) is 6.63. The molecule has 14 nitrogen and oxygen atoms in total. The summed E-state index contributed by atoms with van der Waals surface area (Å²) in [5.74, 6) is 0.0373. The molecule has 2 fully saturated rings. The molecule has 3 aromatic heterocycles. The summed E-state index contributed by atoms with van der Waals surface area (Å²) in [5.41, 5.74) is 3.83. The Balaban J connectivity index is 0.967. The number of aromatic nitrogens is 4. The molecule has 4 amide bonds. The van der Waals surface area contributed by atoms with Crippen molar-refractivity contribution in [2.45, 2.75) is 44.6 Å². The van der Waals surface area contributed by atoms with Gasteiger partial charge in [0.2, 0.25) is 17.7 Å². The molecule has 1 aromatic carbocycles. The van der Waals surface area contributed by atoms with Crippen molar-refractivity contribution in [1.29, 1.82) is 0 Å². The summed E-state index contributed by atoms with van der Waals surface area (Å²) in [6.07, 6.45) is 5.51. The molecule has 16 heteroatoms. The first-order chi connectivity index (χ1) is 24.2. The highest BCUT2D eigenvalue weighted by Gasteiger charge is 2.29. The third kappa shape index (κ3) is 8.44. The number of imide groups is 1. The second-order valence-corrected chi connectivity index (χ2v) is 13.2. The van der Waals surface area contributed by atoms with E-state index in [1.54, 1.807) is 19.2 Å². The number of piperidine rings is 2. The number of methoxy groups -OCH3 is 1. The van der Waals surface area contributed by atoms with Gasteiger partial charge >= 0.3 is 6.03 Å². The average Bonchev–Trinajstić information content (AvgIpc) is 3.49. The van der Waals surface area contributed by atoms with Crippen LogP contribution in [0.25, 0.3) is 5.65 Å². The van der Waals surface area contributed by atoms with Crippen LogP contribution in [0.3, 0.4) is 0 Å². The van der Waals surface area contributed by atoms with Crippen LogP contribution in [0.5, 0.6) is 5.88 Å². The molecule has 5 heterocycles. The van der Waals surface area contributed by atoms with Crippen molar-refractivity contribution >= 4 is 63.8 Å². The van der Waals surface area contributed by atoms with Crippen molar-refractivity contribution in [3.05, 3.63) is 70.2 Å². The van der Waals surface area contributed by atoms with Gasteiger partial charge in [0, 0.05) is 51.1 Å². The molecule has 0 spiro atoms. The van der Waals surface area contributed by atoms with Gasteiger partial charge in [0.25, 0.3) is 0 Å². The first-order valence-electron chi connectivity index (χ1n) is 16.5. The third-order valence-electron chi connectivity index (χ3n) is 8.99. The zero-order valence-electron chi connectivity index (χ0n) is 27.7. The first kappa shape index (κ1) is 35.3. The van der Waals surface area contributed by atoms with E-state index in [1.165, 1.54) is 16.9 Å². The van der Waals surface area contributed by atoms with Crippen LogP contribution in [0.15, 0.2) is 48.8 Å². The Hall–Kier alpha value is -4.50. The summed E-state index contributed by atoms with van der Waals surface area (Å²) >= 11 is 12.3. The Morgan fingerprint density at radius 2 is 1.86 bits per heavy atom. The molecular weight excluding hydrogens is 685 g/mol. The molecule has 6 rings (SSSR count). The van der Waals surface area contributed by atoms with Gasteiger partial charge in [0.1, 0.15) is 12.3 Å². The summed E-state index contributed by atoms with van der Waals surface area (Å²) in [6, 6.07) is 10.7. The fourth-order valence-electron chi connectivity index (χ4n) is 6.30. The van der Waals surface area contributed by atoms with Crippen LogP contribution >= 0.6 is 23.2 Å². The molecule has 50 heavy (non-hydrogen) atoms. The van der Waals surface area contributed by atoms with E-state index in [0.29, 0.717) is 59.6 Å². The van der Waals surface area contributed by atoms with E-state index in [1.807, 2.05) is 19.1 Å². The van der Waals surface area contributed by atoms with Crippen molar-refractivity contribution in [3.8, 4) is 5.88 Å². The lowest BCUT2D eigenvalue weighted by Gasteiger charge is -2.34. The van der Waals surface area contributed by atoms with Crippen LogP contribution in [0.1, 0.15) is 55.9 Å². The minimum absolute atomic E-state index is 0.203. The van der Waals surface area contributed by atoms with Gasteiger partial charge in [-0.2, -0.15) is 5.10 Å².